The molecular weight excluding hydrogens is 254 g/mol. The summed E-state index contributed by atoms with van der Waals surface area (Å²) in [6.07, 6.45) is 0. The minimum absolute atomic E-state index is 0.335. The number of aryl methyl sites for hydroxylation is 1. The summed E-state index contributed by atoms with van der Waals surface area (Å²) in [4.78, 5) is 22.9. The third-order valence-corrected chi connectivity index (χ3v) is 3.21. The highest BCUT2D eigenvalue weighted by molar-refractivity contribution is 7.79. The molecule has 0 unspecified atom stereocenters. The zero-order chi connectivity index (χ0) is 13.4. The van der Waals surface area contributed by atoms with E-state index < -0.39 is 22.8 Å². The summed E-state index contributed by atoms with van der Waals surface area (Å²) in [6.45, 7) is 0. The lowest BCUT2D eigenvalue weighted by Gasteiger charge is -2.12. The number of pyridine rings is 1. The molecule has 5 nitrogen and oxygen atoms in total. The zero-order valence-corrected chi connectivity index (χ0v) is 10.4. The van der Waals surface area contributed by atoms with Crippen molar-refractivity contribution in [2.45, 2.75) is 5.75 Å². The SMILES string of the molecule is Cn1c(=O)c(C(=O)O)c(O)c2c(CS)cccc21. The Bertz CT molecular complexity index is 705. The highest BCUT2D eigenvalue weighted by Gasteiger charge is 2.21. The van der Waals surface area contributed by atoms with Gasteiger partial charge in [-0.2, -0.15) is 12.6 Å². The van der Waals surface area contributed by atoms with Crippen molar-refractivity contribution in [1.82, 2.24) is 4.57 Å². The highest BCUT2D eigenvalue weighted by Crippen LogP contribution is 2.30. The minimum Gasteiger partial charge on any atom is -0.506 e. The van der Waals surface area contributed by atoms with Crippen LogP contribution in [0.3, 0.4) is 0 Å². The maximum atomic E-state index is 11.8. The van der Waals surface area contributed by atoms with Crippen molar-refractivity contribution in [3.63, 3.8) is 0 Å². The monoisotopic (exact) mass is 265 g/mol. The van der Waals surface area contributed by atoms with Gasteiger partial charge in [0.25, 0.3) is 5.56 Å². The average Bonchev–Trinajstić information content (AvgIpc) is 2.34. The molecule has 2 N–H and O–H groups in total. The van der Waals surface area contributed by atoms with Crippen LogP contribution in [0.25, 0.3) is 10.9 Å². The van der Waals surface area contributed by atoms with E-state index in [1.807, 2.05) is 0 Å². The number of aromatic nitrogens is 1. The zero-order valence-electron chi connectivity index (χ0n) is 9.54. The van der Waals surface area contributed by atoms with Gasteiger partial charge in [-0.05, 0) is 11.6 Å². The number of thiol groups is 1. The number of aromatic hydroxyl groups is 1. The second kappa shape index (κ2) is 4.38. The first-order chi connectivity index (χ1) is 8.49. The van der Waals surface area contributed by atoms with Gasteiger partial charge in [0.1, 0.15) is 5.75 Å². The Kier molecular flexibility index (Phi) is 3.04. The van der Waals surface area contributed by atoms with Crippen LogP contribution in [0.1, 0.15) is 15.9 Å². The molecule has 0 bridgehead atoms. The van der Waals surface area contributed by atoms with Crippen molar-refractivity contribution in [3.05, 3.63) is 39.7 Å². The molecule has 0 saturated heterocycles. The number of carbonyl (C=O) groups is 1. The predicted molar refractivity (Wildman–Crippen MR) is 70.5 cm³/mol. The molecule has 2 rings (SSSR count). The molecule has 1 aromatic heterocycles. The quantitative estimate of drug-likeness (QED) is 0.717. The second-order valence-electron chi connectivity index (χ2n) is 3.86. The third-order valence-electron chi connectivity index (χ3n) is 2.87. The van der Waals surface area contributed by atoms with Gasteiger partial charge in [0.05, 0.1) is 5.52 Å². The second-order valence-corrected chi connectivity index (χ2v) is 4.18. The van der Waals surface area contributed by atoms with Crippen molar-refractivity contribution in [1.29, 1.82) is 0 Å². The summed E-state index contributed by atoms with van der Waals surface area (Å²) in [5, 5.41) is 19.4. The number of aromatic carboxylic acids is 1. The molecule has 0 aliphatic carbocycles. The van der Waals surface area contributed by atoms with Crippen LogP contribution in [-0.4, -0.2) is 20.7 Å². The Morgan fingerprint density at radius 2 is 2.11 bits per heavy atom. The molecule has 0 fully saturated rings. The lowest BCUT2D eigenvalue weighted by Crippen LogP contribution is -2.25. The van der Waals surface area contributed by atoms with Crippen LogP contribution < -0.4 is 5.56 Å². The standard InChI is InChI=1S/C12H11NO4S/c1-13-7-4-2-3-6(5-18)8(7)10(14)9(11(13)15)12(16)17/h2-4,14,18H,5H2,1H3,(H,16,17). The van der Waals surface area contributed by atoms with Crippen LogP contribution in [0.5, 0.6) is 5.75 Å². The van der Waals surface area contributed by atoms with Crippen molar-refractivity contribution in [3.8, 4) is 5.75 Å². The molecule has 6 heteroatoms. The first-order valence-corrected chi connectivity index (χ1v) is 5.80. The molecule has 18 heavy (non-hydrogen) atoms. The van der Waals surface area contributed by atoms with Gasteiger partial charge in [0, 0.05) is 18.2 Å². The Labute approximate surface area is 108 Å². The fourth-order valence-electron chi connectivity index (χ4n) is 1.97. The van der Waals surface area contributed by atoms with Gasteiger partial charge in [0.15, 0.2) is 5.56 Å². The van der Waals surface area contributed by atoms with Crippen LogP contribution in [-0.2, 0) is 12.8 Å². The Morgan fingerprint density at radius 3 is 2.67 bits per heavy atom. The molecule has 0 spiro atoms. The topological polar surface area (TPSA) is 79.5 Å². The van der Waals surface area contributed by atoms with Gasteiger partial charge in [0.2, 0.25) is 0 Å². The predicted octanol–water partition coefficient (Wildman–Crippen LogP) is 1.37. The molecular formula is C12H11NO4S. The largest absolute Gasteiger partial charge is 0.506 e. The highest BCUT2D eigenvalue weighted by atomic mass is 32.1. The maximum absolute atomic E-state index is 11.8. The van der Waals surface area contributed by atoms with Crippen molar-refractivity contribution < 1.29 is 15.0 Å². The summed E-state index contributed by atoms with van der Waals surface area (Å²) >= 11 is 4.13. The van der Waals surface area contributed by atoms with E-state index in [-0.39, 0.29) is 0 Å². The Morgan fingerprint density at radius 1 is 1.44 bits per heavy atom. The Balaban J connectivity index is 3.09. The first-order valence-electron chi connectivity index (χ1n) is 5.16. The van der Waals surface area contributed by atoms with Crippen LogP contribution in [0.2, 0.25) is 0 Å². The fourth-order valence-corrected chi connectivity index (χ4v) is 2.23. The van der Waals surface area contributed by atoms with Gasteiger partial charge in [-0.15, -0.1) is 0 Å². The third kappa shape index (κ3) is 1.65. The molecule has 1 heterocycles. The molecule has 94 valence electrons. The van der Waals surface area contributed by atoms with Gasteiger partial charge in [-0.25, -0.2) is 4.79 Å². The van der Waals surface area contributed by atoms with Crippen LogP contribution in [0, 0.1) is 0 Å². The van der Waals surface area contributed by atoms with E-state index >= 15 is 0 Å². The van der Waals surface area contributed by atoms with Gasteiger partial charge in [-0.3, -0.25) is 4.79 Å². The van der Waals surface area contributed by atoms with Crippen LogP contribution in [0.15, 0.2) is 23.0 Å². The van der Waals surface area contributed by atoms with Gasteiger partial charge < -0.3 is 14.8 Å². The van der Waals surface area contributed by atoms with Crippen LogP contribution >= 0.6 is 12.6 Å². The maximum Gasteiger partial charge on any atom is 0.345 e. The number of hydrogen-bond donors (Lipinski definition) is 3. The number of hydrogen-bond acceptors (Lipinski definition) is 4. The summed E-state index contributed by atoms with van der Waals surface area (Å²) in [6, 6.07) is 5.10. The molecule has 0 aliphatic rings. The number of nitrogens with zero attached hydrogens (tertiary/aromatic N) is 1. The van der Waals surface area contributed by atoms with Crippen molar-refractivity contribution in [2.24, 2.45) is 7.05 Å². The van der Waals surface area contributed by atoms with Crippen molar-refractivity contribution >= 4 is 29.5 Å². The van der Waals surface area contributed by atoms with Crippen molar-refractivity contribution in [2.75, 3.05) is 0 Å². The summed E-state index contributed by atoms with van der Waals surface area (Å²) < 4.78 is 1.21. The fraction of sp³-hybridized carbons (Fsp3) is 0.167. The van der Waals surface area contributed by atoms with E-state index in [2.05, 4.69) is 12.6 Å². The molecule has 0 atom stereocenters. The molecule has 1 aromatic carbocycles. The molecule has 0 aliphatic heterocycles. The van der Waals surface area contributed by atoms with E-state index in [1.54, 1.807) is 18.2 Å². The lowest BCUT2D eigenvalue weighted by atomic mass is 10.1. The smallest absolute Gasteiger partial charge is 0.345 e. The van der Waals surface area contributed by atoms with Crippen LogP contribution in [0.4, 0.5) is 0 Å². The van der Waals surface area contributed by atoms with E-state index in [1.165, 1.54) is 11.6 Å². The van der Waals surface area contributed by atoms with Gasteiger partial charge in [-0.1, -0.05) is 12.1 Å². The normalized spacial score (nSPS) is 10.8. The minimum atomic E-state index is -1.44. The van der Waals surface area contributed by atoms with Gasteiger partial charge >= 0.3 is 5.97 Å². The molecule has 0 amide bonds. The van der Waals surface area contributed by atoms with E-state index in [9.17, 15) is 14.7 Å². The number of carboxylic acids is 1. The van der Waals surface area contributed by atoms with E-state index in [0.29, 0.717) is 22.2 Å². The first kappa shape index (κ1) is 12.5. The lowest BCUT2D eigenvalue weighted by molar-refractivity contribution is 0.0691. The number of fused-ring (bicyclic) bond motifs is 1. The summed E-state index contributed by atoms with van der Waals surface area (Å²) in [7, 11) is 1.47. The van der Waals surface area contributed by atoms with E-state index in [4.69, 9.17) is 5.11 Å². The number of benzene rings is 1. The molecule has 0 radical (unpaired) electrons. The summed E-state index contributed by atoms with van der Waals surface area (Å²) in [5.74, 6) is -1.60. The van der Waals surface area contributed by atoms with E-state index in [0.717, 1.165) is 0 Å². The summed E-state index contributed by atoms with van der Waals surface area (Å²) in [5.41, 5.74) is -0.191. The average molecular weight is 265 g/mol. The molecule has 2 aromatic rings. The Hall–Kier alpha value is -1.95. The number of rotatable bonds is 2. The number of carboxylic acid groups (broad SMARTS) is 1. The molecule has 0 saturated carbocycles.